The third kappa shape index (κ3) is 5.17. The first-order valence-electron chi connectivity index (χ1n) is 8.22. The maximum absolute atomic E-state index is 5.48. The van der Waals surface area contributed by atoms with E-state index in [9.17, 15) is 0 Å². The molecule has 1 aliphatic rings. The zero-order chi connectivity index (χ0) is 14.9. The predicted molar refractivity (Wildman–Crippen MR) is 90.4 cm³/mol. The van der Waals surface area contributed by atoms with E-state index < -0.39 is 0 Å². The molecule has 0 heterocycles. The first-order chi connectivity index (χ1) is 10.3. The molecule has 0 aromatic heterocycles. The first-order valence-corrected chi connectivity index (χ1v) is 8.22. The Hall–Kier alpha value is -1.34. The third-order valence-corrected chi connectivity index (χ3v) is 4.51. The lowest BCUT2D eigenvalue weighted by Crippen LogP contribution is -2.12. The van der Waals surface area contributed by atoms with E-state index in [2.05, 4.69) is 49.9 Å². The lowest BCUT2D eigenvalue weighted by atomic mass is 9.77. The standard InChI is InChI=1S/C20H28O/c1-3-5-6-17-7-11-19(12-8-17)20-13-9-18(10-14-20)16-21-15-4-2/h3-5,9-10,13-14,17,19H,2,6-8,11-12,15-16H2,1H3/t17-,19-. The predicted octanol–water partition coefficient (Wildman–Crippen LogP) is 5.63. The summed E-state index contributed by atoms with van der Waals surface area (Å²) < 4.78 is 5.48. The van der Waals surface area contributed by atoms with Crippen LogP contribution in [0.25, 0.3) is 0 Å². The second kappa shape index (κ2) is 8.84. The minimum Gasteiger partial charge on any atom is -0.373 e. The molecule has 0 unspecified atom stereocenters. The maximum atomic E-state index is 5.48. The van der Waals surface area contributed by atoms with Crippen LogP contribution in [-0.2, 0) is 11.3 Å². The highest BCUT2D eigenvalue weighted by atomic mass is 16.5. The molecule has 21 heavy (non-hydrogen) atoms. The fourth-order valence-corrected chi connectivity index (χ4v) is 3.21. The second-order valence-electron chi connectivity index (χ2n) is 6.07. The van der Waals surface area contributed by atoms with Crippen molar-refractivity contribution in [2.75, 3.05) is 6.61 Å². The van der Waals surface area contributed by atoms with Gasteiger partial charge in [-0.1, -0.05) is 42.5 Å². The molecule has 0 bridgehead atoms. The van der Waals surface area contributed by atoms with Gasteiger partial charge in [0.2, 0.25) is 0 Å². The van der Waals surface area contributed by atoms with Gasteiger partial charge in [-0.25, -0.2) is 0 Å². The average Bonchev–Trinajstić information content (AvgIpc) is 2.54. The van der Waals surface area contributed by atoms with Crippen LogP contribution in [-0.4, -0.2) is 6.61 Å². The topological polar surface area (TPSA) is 9.23 Å². The second-order valence-corrected chi connectivity index (χ2v) is 6.07. The van der Waals surface area contributed by atoms with Crippen LogP contribution in [0.4, 0.5) is 0 Å². The van der Waals surface area contributed by atoms with Crippen molar-refractivity contribution in [3.05, 3.63) is 60.2 Å². The third-order valence-electron chi connectivity index (χ3n) is 4.51. The Balaban J connectivity index is 1.81. The Morgan fingerprint density at radius 2 is 1.86 bits per heavy atom. The molecule has 114 valence electrons. The summed E-state index contributed by atoms with van der Waals surface area (Å²) in [7, 11) is 0. The van der Waals surface area contributed by atoms with E-state index in [1.807, 2.05) is 0 Å². The molecule has 0 N–H and O–H groups in total. The molecule has 1 aliphatic carbocycles. The lowest BCUT2D eigenvalue weighted by molar-refractivity contribution is 0.149. The van der Waals surface area contributed by atoms with Crippen LogP contribution in [0.2, 0.25) is 0 Å². The van der Waals surface area contributed by atoms with Gasteiger partial charge in [0.15, 0.2) is 0 Å². The van der Waals surface area contributed by atoms with Crippen molar-refractivity contribution in [2.24, 2.45) is 5.92 Å². The number of allylic oxidation sites excluding steroid dienone is 2. The number of ether oxygens (including phenoxy) is 1. The molecule has 0 spiro atoms. The van der Waals surface area contributed by atoms with Crippen LogP contribution in [0.15, 0.2) is 49.1 Å². The largest absolute Gasteiger partial charge is 0.373 e. The van der Waals surface area contributed by atoms with Crippen molar-refractivity contribution < 1.29 is 4.74 Å². The van der Waals surface area contributed by atoms with E-state index in [-0.39, 0.29) is 0 Å². The molecule has 1 heteroatoms. The SMILES string of the molecule is C=CCOCc1ccc([C@H]2CC[C@H](CC=CC)CC2)cc1. The van der Waals surface area contributed by atoms with E-state index in [0.29, 0.717) is 13.2 Å². The summed E-state index contributed by atoms with van der Waals surface area (Å²) in [5, 5.41) is 0. The van der Waals surface area contributed by atoms with E-state index in [1.165, 1.54) is 43.2 Å². The molecule has 0 radical (unpaired) electrons. The van der Waals surface area contributed by atoms with Gasteiger partial charge in [0, 0.05) is 0 Å². The summed E-state index contributed by atoms with van der Waals surface area (Å²) in [6.45, 7) is 7.09. The van der Waals surface area contributed by atoms with Crippen LogP contribution in [0.5, 0.6) is 0 Å². The smallest absolute Gasteiger partial charge is 0.0721 e. The van der Waals surface area contributed by atoms with Gasteiger partial charge in [-0.15, -0.1) is 6.58 Å². The van der Waals surface area contributed by atoms with E-state index in [0.717, 1.165) is 11.8 Å². The Kier molecular flexibility index (Phi) is 6.75. The fraction of sp³-hybridized carbons (Fsp3) is 0.500. The Morgan fingerprint density at radius 1 is 1.14 bits per heavy atom. The van der Waals surface area contributed by atoms with Crippen LogP contribution < -0.4 is 0 Å². The lowest BCUT2D eigenvalue weighted by Gasteiger charge is -2.28. The highest BCUT2D eigenvalue weighted by Crippen LogP contribution is 2.37. The van der Waals surface area contributed by atoms with E-state index in [1.54, 1.807) is 6.08 Å². The molecule has 1 aromatic carbocycles. The molecule has 2 rings (SSSR count). The minimum absolute atomic E-state index is 0.623. The summed E-state index contributed by atoms with van der Waals surface area (Å²) in [5.74, 6) is 1.67. The highest BCUT2D eigenvalue weighted by Gasteiger charge is 2.21. The fourth-order valence-electron chi connectivity index (χ4n) is 3.21. The molecule has 0 amide bonds. The van der Waals surface area contributed by atoms with E-state index in [4.69, 9.17) is 4.74 Å². The normalized spacial score (nSPS) is 22.5. The zero-order valence-electron chi connectivity index (χ0n) is 13.3. The molecular formula is C20H28O. The van der Waals surface area contributed by atoms with Gasteiger partial charge in [-0.05, 0) is 62.0 Å². The van der Waals surface area contributed by atoms with Crippen molar-refractivity contribution in [1.82, 2.24) is 0 Å². The van der Waals surface area contributed by atoms with Crippen molar-refractivity contribution in [1.29, 1.82) is 0 Å². The highest BCUT2D eigenvalue weighted by molar-refractivity contribution is 5.25. The minimum atomic E-state index is 0.623. The van der Waals surface area contributed by atoms with Crippen LogP contribution >= 0.6 is 0 Å². The number of hydrogen-bond donors (Lipinski definition) is 0. The summed E-state index contributed by atoms with van der Waals surface area (Å²) >= 11 is 0. The van der Waals surface area contributed by atoms with Gasteiger partial charge in [-0.3, -0.25) is 0 Å². The molecule has 1 saturated carbocycles. The molecular weight excluding hydrogens is 256 g/mol. The average molecular weight is 284 g/mol. The van der Waals surface area contributed by atoms with Crippen molar-refractivity contribution in [3.63, 3.8) is 0 Å². The molecule has 0 saturated heterocycles. The summed E-state index contributed by atoms with van der Waals surface area (Å²) in [6, 6.07) is 9.02. The van der Waals surface area contributed by atoms with E-state index >= 15 is 0 Å². The number of rotatable bonds is 7. The quantitative estimate of drug-likeness (QED) is 0.466. The molecule has 0 atom stereocenters. The monoisotopic (exact) mass is 284 g/mol. The number of hydrogen-bond acceptors (Lipinski definition) is 1. The van der Waals surface area contributed by atoms with Gasteiger partial charge in [0.25, 0.3) is 0 Å². The molecule has 1 fully saturated rings. The maximum Gasteiger partial charge on any atom is 0.0721 e. The Bertz CT molecular complexity index is 435. The van der Waals surface area contributed by atoms with Gasteiger partial charge in [-0.2, -0.15) is 0 Å². The summed E-state index contributed by atoms with van der Waals surface area (Å²) in [5.41, 5.74) is 2.76. The van der Waals surface area contributed by atoms with Crippen LogP contribution in [0.3, 0.4) is 0 Å². The Labute approximate surface area is 129 Å². The first kappa shape index (κ1) is 16.0. The van der Waals surface area contributed by atoms with Crippen LogP contribution in [0.1, 0.15) is 56.1 Å². The molecule has 0 aliphatic heterocycles. The molecule has 1 aromatic rings. The summed E-state index contributed by atoms with van der Waals surface area (Å²) in [6.07, 6.45) is 13.0. The van der Waals surface area contributed by atoms with Gasteiger partial charge in [0.05, 0.1) is 13.2 Å². The van der Waals surface area contributed by atoms with Crippen molar-refractivity contribution in [3.8, 4) is 0 Å². The zero-order valence-corrected chi connectivity index (χ0v) is 13.3. The van der Waals surface area contributed by atoms with Gasteiger partial charge >= 0.3 is 0 Å². The van der Waals surface area contributed by atoms with Gasteiger partial charge in [0.1, 0.15) is 0 Å². The molecule has 1 nitrogen and oxygen atoms in total. The number of benzene rings is 1. The van der Waals surface area contributed by atoms with Gasteiger partial charge < -0.3 is 4.74 Å². The Morgan fingerprint density at radius 3 is 2.48 bits per heavy atom. The summed E-state index contributed by atoms with van der Waals surface area (Å²) in [4.78, 5) is 0. The van der Waals surface area contributed by atoms with Crippen LogP contribution in [0, 0.1) is 5.92 Å². The van der Waals surface area contributed by atoms with Crippen molar-refractivity contribution >= 4 is 0 Å². The van der Waals surface area contributed by atoms with Crippen molar-refractivity contribution in [2.45, 2.75) is 51.6 Å².